The van der Waals surface area contributed by atoms with Crippen LogP contribution in [0.3, 0.4) is 0 Å². The monoisotopic (exact) mass is 366 g/mol. The van der Waals surface area contributed by atoms with Crippen molar-refractivity contribution in [3.8, 4) is 11.5 Å². The molecule has 0 radical (unpaired) electrons. The van der Waals surface area contributed by atoms with Gasteiger partial charge in [-0.25, -0.2) is 0 Å². The average molecular weight is 366 g/mol. The summed E-state index contributed by atoms with van der Waals surface area (Å²) in [6.45, 7) is 2.52. The van der Waals surface area contributed by atoms with Crippen LogP contribution in [0.4, 0.5) is 0 Å². The summed E-state index contributed by atoms with van der Waals surface area (Å²) in [6.07, 6.45) is 3.06. The molecule has 0 heterocycles. The van der Waals surface area contributed by atoms with E-state index in [1.807, 2.05) is 61.5 Å². The molecule has 3 rings (SSSR count). The van der Waals surface area contributed by atoms with E-state index in [9.17, 15) is 9.59 Å². The number of nitrogens with one attached hydrogen (secondary N) is 2. The molecule has 2 aromatic rings. The smallest absolute Gasteiger partial charge is 0.223 e. The number of ether oxygens (including phenoxy) is 1. The molecule has 142 valence electrons. The fourth-order valence-electron chi connectivity index (χ4n) is 2.80. The molecule has 5 heteroatoms. The van der Waals surface area contributed by atoms with Gasteiger partial charge in [0.1, 0.15) is 11.5 Å². The van der Waals surface area contributed by atoms with Crippen LogP contribution in [0.5, 0.6) is 11.5 Å². The molecule has 5 nitrogen and oxygen atoms in total. The Morgan fingerprint density at radius 2 is 1.70 bits per heavy atom. The van der Waals surface area contributed by atoms with E-state index in [-0.39, 0.29) is 23.8 Å². The van der Waals surface area contributed by atoms with Crippen LogP contribution in [0.1, 0.15) is 44.2 Å². The van der Waals surface area contributed by atoms with E-state index in [1.54, 1.807) is 0 Å². The molecule has 1 unspecified atom stereocenters. The Balaban J connectivity index is 1.39. The van der Waals surface area contributed by atoms with E-state index < -0.39 is 0 Å². The maximum absolute atomic E-state index is 12.1. The molecule has 0 bridgehead atoms. The van der Waals surface area contributed by atoms with Crippen LogP contribution in [0.15, 0.2) is 54.6 Å². The first-order valence-electron chi connectivity index (χ1n) is 9.52. The molecule has 27 heavy (non-hydrogen) atoms. The summed E-state index contributed by atoms with van der Waals surface area (Å²) < 4.78 is 5.78. The maximum Gasteiger partial charge on any atom is 0.223 e. The molecule has 1 aliphatic rings. The summed E-state index contributed by atoms with van der Waals surface area (Å²) in [5.41, 5.74) is 1.02. The van der Waals surface area contributed by atoms with Gasteiger partial charge in [-0.05, 0) is 56.0 Å². The van der Waals surface area contributed by atoms with Gasteiger partial charge in [0.05, 0.1) is 6.04 Å². The second-order valence-electron chi connectivity index (χ2n) is 6.94. The average Bonchev–Trinajstić information content (AvgIpc) is 3.52. The van der Waals surface area contributed by atoms with Gasteiger partial charge in [-0.1, -0.05) is 30.3 Å². The van der Waals surface area contributed by atoms with Crippen molar-refractivity contribution in [1.29, 1.82) is 0 Å². The first-order chi connectivity index (χ1) is 13.1. The highest BCUT2D eigenvalue weighted by Gasteiger charge is 2.28. The van der Waals surface area contributed by atoms with Crippen LogP contribution in [-0.2, 0) is 9.59 Å². The van der Waals surface area contributed by atoms with Crippen molar-refractivity contribution >= 4 is 11.8 Å². The SMILES string of the molecule is CC(NC(=O)CCCNC(=O)C1CC1)c1ccc(Oc2ccccc2)cc1. The highest BCUT2D eigenvalue weighted by atomic mass is 16.5. The number of hydrogen-bond donors (Lipinski definition) is 2. The number of benzene rings is 2. The number of para-hydroxylation sites is 1. The van der Waals surface area contributed by atoms with E-state index >= 15 is 0 Å². The first kappa shape index (κ1) is 19.0. The summed E-state index contributed by atoms with van der Waals surface area (Å²) in [4.78, 5) is 23.6. The molecule has 1 aliphatic carbocycles. The van der Waals surface area contributed by atoms with Gasteiger partial charge in [0, 0.05) is 18.9 Å². The quantitative estimate of drug-likeness (QED) is 0.660. The fourth-order valence-corrected chi connectivity index (χ4v) is 2.80. The zero-order valence-corrected chi connectivity index (χ0v) is 15.6. The van der Waals surface area contributed by atoms with Gasteiger partial charge >= 0.3 is 0 Å². The summed E-state index contributed by atoms with van der Waals surface area (Å²) in [6, 6.07) is 17.3. The third-order valence-corrected chi connectivity index (χ3v) is 4.56. The lowest BCUT2D eigenvalue weighted by Gasteiger charge is -2.15. The van der Waals surface area contributed by atoms with Gasteiger partial charge in [-0.3, -0.25) is 9.59 Å². The van der Waals surface area contributed by atoms with Crippen molar-refractivity contribution in [3.63, 3.8) is 0 Å². The molecule has 0 aromatic heterocycles. The highest BCUT2D eigenvalue weighted by Crippen LogP contribution is 2.28. The van der Waals surface area contributed by atoms with Crippen LogP contribution < -0.4 is 15.4 Å². The lowest BCUT2D eigenvalue weighted by Crippen LogP contribution is -2.29. The number of amides is 2. The Labute approximate surface area is 160 Å². The molecule has 2 N–H and O–H groups in total. The zero-order chi connectivity index (χ0) is 19.1. The summed E-state index contributed by atoms with van der Waals surface area (Å²) in [5, 5.41) is 5.87. The second-order valence-corrected chi connectivity index (χ2v) is 6.94. The van der Waals surface area contributed by atoms with Crippen molar-refractivity contribution in [3.05, 3.63) is 60.2 Å². The zero-order valence-electron chi connectivity index (χ0n) is 15.6. The molecule has 0 saturated heterocycles. The molecule has 2 amide bonds. The Hall–Kier alpha value is -2.82. The minimum Gasteiger partial charge on any atom is -0.457 e. The predicted molar refractivity (Wildman–Crippen MR) is 104 cm³/mol. The van der Waals surface area contributed by atoms with Crippen molar-refractivity contribution in [2.45, 2.75) is 38.6 Å². The molecular weight excluding hydrogens is 340 g/mol. The normalized spacial score (nSPS) is 14.3. The van der Waals surface area contributed by atoms with Gasteiger partial charge in [-0.15, -0.1) is 0 Å². The molecule has 0 spiro atoms. The van der Waals surface area contributed by atoms with Crippen molar-refractivity contribution in [2.24, 2.45) is 5.92 Å². The first-order valence-corrected chi connectivity index (χ1v) is 9.52. The second kappa shape index (κ2) is 9.21. The van der Waals surface area contributed by atoms with Crippen molar-refractivity contribution in [1.82, 2.24) is 10.6 Å². The molecule has 2 aromatic carbocycles. The van der Waals surface area contributed by atoms with Crippen LogP contribution in [0.25, 0.3) is 0 Å². The number of rotatable bonds is 9. The molecule has 0 aliphatic heterocycles. The highest BCUT2D eigenvalue weighted by molar-refractivity contribution is 5.81. The maximum atomic E-state index is 12.1. The molecule has 1 atom stereocenters. The van der Waals surface area contributed by atoms with E-state index in [2.05, 4.69) is 10.6 Å². The molecule has 1 saturated carbocycles. The number of carbonyl (C=O) groups excluding carboxylic acids is 2. The van der Waals surface area contributed by atoms with E-state index in [1.165, 1.54) is 0 Å². The Morgan fingerprint density at radius 1 is 1.04 bits per heavy atom. The summed E-state index contributed by atoms with van der Waals surface area (Å²) in [7, 11) is 0. The summed E-state index contributed by atoms with van der Waals surface area (Å²) >= 11 is 0. The molecule has 1 fully saturated rings. The van der Waals surface area contributed by atoms with Gasteiger partial charge in [0.2, 0.25) is 11.8 Å². The largest absolute Gasteiger partial charge is 0.457 e. The van der Waals surface area contributed by atoms with E-state index in [4.69, 9.17) is 4.74 Å². The van der Waals surface area contributed by atoms with Gasteiger partial charge in [0.25, 0.3) is 0 Å². The van der Waals surface area contributed by atoms with Crippen LogP contribution in [-0.4, -0.2) is 18.4 Å². The predicted octanol–water partition coefficient (Wildman–Crippen LogP) is 3.96. The fraction of sp³-hybridized carbons (Fsp3) is 0.364. The number of hydrogen-bond acceptors (Lipinski definition) is 3. The third kappa shape index (κ3) is 6.13. The van der Waals surface area contributed by atoms with Crippen LogP contribution in [0.2, 0.25) is 0 Å². The number of carbonyl (C=O) groups is 2. The standard InChI is InChI=1S/C22H26N2O3/c1-16(24-21(25)8-5-15-23-22(26)18-9-10-18)17-11-13-20(14-12-17)27-19-6-3-2-4-7-19/h2-4,6-7,11-14,16,18H,5,8-10,15H2,1H3,(H,23,26)(H,24,25). The molecular formula is C22H26N2O3. The Morgan fingerprint density at radius 3 is 2.37 bits per heavy atom. The van der Waals surface area contributed by atoms with Gasteiger partial charge < -0.3 is 15.4 Å². The summed E-state index contributed by atoms with van der Waals surface area (Å²) in [5.74, 6) is 1.89. The van der Waals surface area contributed by atoms with Gasteiger partial charge in [0.15, 0.2) is 0 Å². The van der Waals surface area contributed by atoms with Crippen molar-refractivity contribution in [2.75, 3.05) is 6.54 Å². The topological polar surface area (TPSA) is 67.4 Å². The van der Waals surface area contributed by atoms with E-state index in [0.717, 1.165) is 29.9 Å². The van der Waals surface area contributed by atoms with Crippen LogP contribution >= 0.6 is 0 Å². The Bertz CT molecular complexity index is 755. The minimum absolute atomic E-state index is 0.00668. The lowest BCUT2D eigenvalue weighted by molar-refractivity contribution is -0.123. The lowest BCUT2D eigenvalue weighted by atomic mass is 10.1. The van der Waals surface area contributed by atoms with Crippen LogP contribution in [0, 0.1) is 5.92 Å². The van der Waals surface area contributed by atoms with Gasteiger partial charge in [-0.2, -0.15) is 0 Å². The van der Waals surface area contributed by atoms with Crippen molar-refractivity contribution < 1.29 is 14.3 Å². The minimum atomic E-state index is -0.0793. The Kier molecular flexibility index (Phi) is 6.47. The third-order valence-electron chi connectivity index (χ3n) is 4.56. The van der Waals surface area contributed by atoms with E-state index in [0.29, 0.717) is 19.4 Å².